The van der Waals surface area contributed by atoms with Crippen LogP contribution in [0.2, 0.25) is 0 Å². The number of unbranched alkanes of at least 4 members (excludes halogenated alkanes) is 1. The maximum Gasteiger partial charge on any atom is 0.305 e. The largest absolute Gasteiger partial charge is 0.469 e. The summed E-state index contributed by atoms with van der Waals surface area (Å²) in [6.45, 7) is 5.94. The number of allylic oxidation sites excluding steroid dienone is 1. The maximum atomic E-state index is 11.2. The Hall–Kier alpha value is -2.09. The fourth-order valence-electron chi connectivity index (χ4n) is 4.27. The lowest BCUT2D eigenvalue weighted by atomic mass is 9.81. The molecule has 0 aliphatic carbocycles. The number of piperidine rings is 3. The van der Waals surface area contributed by atoms with E-state index in [1.165, 1.54) is 18.2 Å². The van der Waals surface area contributed by atoms with Crippen LogP contribution in [0, 0.1) is 17.8 Å². The number of rotatable bonds is 7. The average molecular weight is 382 g/mol. The molecule has 2 atom stereocenters. The summed E-state index contributed by atoms with van der Waals surface area (Å²) in [6, 6.07) is 6.38. The molecule has 2 unspecified atom stereocenters. The number of benzene rings is 1. The van der Waals surface area contributed by atoms with Gasteiger partial charge >= 0.3 is 5.97 Å². The van der Waals surface area contributed by atoms with Crippen LogP contribution in [0.5, 0.6) is 0 Å². The highest BCUT2D eigenvalue weighted by atomic mass is 16.5. The number of aliphatic hydroxyl groups excluding tert-OH is 1. The molecule has 1 N–H and O–H groups in total. The van der Waals surface area contributed by atoms with Gasteiger partial charge in [-0.15, -0.1) is 6.58 Å². The van der Waals surface area contributed by atoms with Crippen LogP contribution >= 0.6 is 0 Å². The van der Waals surface area contributed by atoms with Crippen molar-refractivity contribution in [1.29, 1.82) is 0 Å². The molecule has 0 radical (unpaired) electrons. The summed E-state index contributed by atoms with van der Waals surface area (Å²) in [6.07, 6.45) is 7.67. The van der Waals surface area contributed by atoms with Crippen LogP contribution in [0.4, 0.5) is 0 Å². The van der Waals surface area contributed by atoms with E-state index in [9.17, 15) is 9.90 Å². The van der Waals surface area contributed by atoms with Crippen LogP contribution in [0.3, 0.4) is 0 Å². The summed E-state index contributed by atoms with van der Waals surface area (Å²) in [5, 5.41) is 10.6. The lowest BCUT2D eigenvalue weighted by molar-refractivity contribution is -0.140. The van der Waals surface area contributed by atoms with Gasteiger partial charge in [0.15, 0.2) is 0 Å². The molecule has 2 bridgehead atoms. The van der Waals surface area contributed by atoms with Crippen molar-refractivity contribution in [3.05, 3.63) is 47.5 Å². The second kappa shape index (κ2) is 9.91. The van der Waals surface area contributed by atoms with E-state index < -0.39 is 0 Å². The van der Waals surface area contributed by atoms with Gasteiger partial charge in [0.25, 0.3) is 0 Å². The van der Waals surface area contributed by atoms with Gasteiger partial charge in [-0.2, -0.15) is 0 Å². The Bertz CT molecular complexity index is 751. The Morgan fingerprint density at radius 1 is 1.36 bits per heavy atom. The molecule has 3 aliphatic rings. The summed E-state index contributed by atoms with van der Waals surface area (Å²) in [5.74, 6) is 6.98. The highest BCUT2D eigenvalue weighted by Crippen LogP contribution is 2.32. The summed E-state index contributed by atoms with van der Waals surface area (Å²) >= 11 is 0. The first-order valence-electron chi connectivity index (χ1n) is 10.4. The monoisotopic (exact) mass is 381 g/mol. The molecule has 0 aromatic heterocycles. The minimum atomic E-state index is -0.334. The summed E-state index contributed by atoms with van der Waals surface area (Å²) in [4.78, 5) is 13.6. The highest BCUT2D eigenvalue weighted by Gasteiger charge is 2.40. The normalized spacial score (nSPS) is 25.6. The molecule has 3 fully saturated rings. The molecule has 4 rings (SSSR count). The van der Waals surface area contributed by atoms with Crippen LogP contribution in [0.1, 0.15) is 48.8 Å². The third kappa shape index (κ3) is 5.04. The van der Waals surface area contributed by atoms with E-state index in [-0.39, 0.29) is 18.1 Å². The molecule has 28 heavy (non-hydrogen) atoms. The zero-order valence-corrected chi connectivity index (χ0v) is 16.8. The van der Waals surface area contributed by atoms with Crippen LogP contribution in [0.25, 0.3) is 0 Å². The van der Waals surface area contributed by atoms with Gasteiger partial charge in [0.05, 0.1) is 19.3 Å². The Balaban J connectivity index is 1.70. The van der Waals surface area contributed by atoms with E-state index in [1.807, 2.05) is 6.08 Å². The van der Waals surface area contributed by atoms with E-state index in [2.05, 4.69) is 41.5 Å². The van der Waals surface area contributed by atoms with Crippen molar-refractivity contribution in [3.8, 4) is 11.8 Å². The maximum absolute atomic E-state index is 11.2. The van der Waals surface area contributed by atoms with E-state index in [0.29, 0.717) is 12.3 Å². The molecule has 4 nitrogen and oxygen atoms in total. The molecule has 1 aromatic rings. The standard InChI is InChI=1S/C24H31NO3/c1-3-6-19-10-9-18(7-4-5-8-23(26)28-2)17-21(19)11-12-22-24(27)20-13-15-25(22)16-14-20/h3,9-10,17,20,22,24,27H,1,4-8,13-16H2,2H3. The quantitative estimate of drug-likeness (QED) is 0.341. The molecule has 3 heterocycles. The Morgan fingerprint density at radius 2 is 2.14 bits per heavy atom. The van der Waals surface area contributed by atoms with Crippen LogP contribution in [-0.2, 0) is 22.4 Å². The molecule has 3 aliphatic heterocycles. The van der Waals surface area contributed by atoms with Crippen molar-refractivity contribution in [2.24, 2.45) is 5.92 Å². The van der Waals surface area contributed by atoms with Gasteiger partial charge in [0, 0.05) is 12.0 Å². The van der Waals surface area contributed by atoms with Crippen LogP contribution in [-0.4, -0.2) is 48.3 Å². The minimum absolute atomic E-state index is 0.0483. The van der Waals surface area contributed by atoms with Crippen molar-refractivity contribution >= 4 is 5.97 Å². The first-order chi connectivity index (χ1) is 13.6. The summed E-state index contributed by atoms with van der Waals surface area (Å²) in [7, 11) is 1.43. The van der Waals surface area contributed by atoms with Crippen LogP contribution in [0.15, 0.2) is 30.9 Å². The zero-order chi connectivity index (χ0) is 19.9. The molecular formula is C24H31NO3. The number of hydrogen-bond donors (Lipinski definition) is 1. The van der Waals surface area contributed by atoms with E-state index in [1.54, 1.807) is 0 Å². The number of fused-ring (bicyclic) bond motifs is 3. The van der Waals surface area contributed by atoms with Crippen molar-refractivity contribution in [2.45, 2.75) is 57.1 Å². The van der Waals surface area contributed by atoms with Gasteiger partial charge in [0.2, 0.25) is 0 Å². The molecule has 0 saturated carbocycles. The Labute approximate surface area is 168 Å². The lowest BCUT2D eigenvalue weighted by Crippen LogP contribution is -2.57. The number of ether oxygens (including phenoxy) is 1. The molecule has 0 spiro atoms. The predicted molar refractivity (Wildman–Crippen MR) is 111 cm³/mol. The fraction of sp³-hybridized carbons (Fsp3) is 0.542. The van der Waals surface area contributed by atoms with Crippen molar-refractivity contribution in [3.63, 3.8) is 0 Å². The summed E-state index contributed by atoms with van der Waals surface area (Å²) in [5.41, 5.74) is 3.43. The van der Waals surface area contributed by atoms with Gasteiger partial charge in [-0.25, -0.2) is 0 Å². The van der Waals surface area contributed by atoms with Gasteiger partial charge in [-0.05, 0) is 74.7 Å². The number of carbonyl (C=O) groups is 1. The third-order valence-corrected chi connectivity index (χ3v) is 5.99. The fourth-order valence-corrected chi connectivity index (χ4v) is 4.27. The number of esters is 1. The lowest BCUT2D eigenvalue weighted by Gasteiger charge is -2.46. The van der Waals surface area contributed by atoms with Gasteiger partial charge in [-0.1, -0.05) is 30.0 Å². The number of hydrogen-bond acceptors (Lipinski definition) is 4. The molecule has 150 valence electrons. The third-order valence-electron chi connectivity index (χ3n) is 5.99. The predicted octanol–water partition coefficient (Wildman–Crippen LogP) is 3.11. The number of aryl methyl sites for hydroxylation is 1. The molecule has 4 heteroatoms. The van der Waals surface area contributed by atoms with Crippen molar-refractivity contribution in [1.82, 2.24) is 4.90 Å². The summed E-state index contributed by atoms with van der Waals surface area (Å²) < 4.78 is 4.69. The highest BCUT2D eigenvalue weighted by molar-refractivity contribution is 5.68. The van der Waals surface area contributed by atoms with Gasteiger partial charge in [-0.3, -0.25) is 9.69 Å². The first-order valence-corrected chi connectivity index (χ1v) is 10.4. The topological polar surface area (TPSA) is 49.8 Å². The molecule has 0 amide bonds. The number of carbonyl (C=O) groups excluding carboxylic acids is 1. The second-order valence-electron chi connectivity index (χ2n) is 7.85. The van der Waals surface area contributed by atoms with E-state index in [4.69, 9.17) is 4.74 Å². The molecular weight excluding hydrogens is 350 g/mol. The SMILES string of the molecule is C=CCc1ccc(CCCCC(=O)OC)cc1C#CC1C(O)C2CCN1CC2. The second-order valence-corrected chi connectivity index (χ2v) is 7.85. The van der Waals surface area contributed by atoms with E-state index >= 15 is 0 Å². The van der Waals surface area contributed by atoms with Crippen molar-refractivity contribution < 1.29 is 14.6 Å². The minimum Gasteiger partial charge on any atom is -0.469 e. The van der Waals surface area contributed by atoms with Gasteiger partial charge in [0.1, 0.15) is 0 Å². The van der Waals surface area contributed by atoms with Gasteiger partial charge < -0.3 is 9.84 Å². The molecule has 3 saturated heterocycles. The first kappa shape index (κ1) is 20.6. The number of aliphatic hydroxyl groups is 1. The zero-order valence-electron chi connectivity index (χ0n) is 16.8. The Kier molecular flexibility index (Phi) is 7.30. The van der Waals surface area contributed by atoms with Crippen LogP contribution < -0.4 is 0 Å². The van der Waals surface area contributed by atoms with E-state index in [0.717, 1.165) is 57.2 Å². The number of nitrogens with zero attached hydrogens (tertiary/aromatic N) is 1. The number of methoxy groups -OCH3 is 1. The van der Waals surface area contributed by atoms with Crippen molar-refractivity contribution in [2.75, 3.05) is 20.2 Å². The Morgan fingerprint density at radius 3 is 2.82 bits per heavy atom. The molecule has 1 aromatic carbocycles. The average Bonchev–Trinajstić information content (AvgIpc) is 2.72. The smallest absolute Gasteiger partial charge is 0.305 e.